The molecule has 3 amide bonds. The van der Waals surface area contributed by atoms with E-state index in [1.165, 1.54) is 17.9 Å². The van der Waals surface area contributed by atoms with Crippen molar-refractivity contribution in [2.75, 3.05) is 13.1 Å². The van der Waals surface area contributed by atoms with Gasteiger partial charge in [0.05, 0.1) is 24.7 Å². The molecule has 0 spiro atoms. The van der Waals surface area contributed by atoms with Crippen LogP contribution in [0.3, 0.4) is 0 Å². The van der Waals surface area contributed by atoms with Crippen molar-refractivity contribution in [2.45, 2.75) is 44.9 Å². The van der Waals surface area contributed by atoms with Crippen LogP contribution in [0.25, 0.3) is 0 Å². The molecule has 1 unspecified atom stereocenters. The van der Waals surface area contributed by atoms with Crippen LogP contribution in [0.15, 0.2) is 24.3 Å². The molecule has 148 valence electrons. The fraction of sp³-hybridized carbons (Fsp3) is 0.500. The lowest BCUT2D eigenvalue weighted by molar-refractivity contribution is -0.137. The molecule has 1 fully saturated rings. The second-order valence-electron chi connectivity index (χ2n) is 6.52. The molecule has 0 bridgehead atoms. The third kappa shape index (κ3) is 5.97. The highest BCUT2D eigenvalue weighted by atomic mass is 19.4. The lowest BCUT2D eigenvalue weighted by atomic mass is 10.0. The van der Waals surface area contributed by atoms with Gasteiger partial charge in [0, 0.05) is 13.0 Å². The van der Waals surface area contributed by atoms with Crippen molar-refractivity contribution in [3.8, 4) is 0 Å². The Hall–Kier alpha value is -2.58. The number of hydrogen-bond donors (Lipinski definition) is 2. The van der Waals surface area contributed by atoms with E-state index in [1.54, 1.807) is 13.0 Å². The summed E-state index contributed by atoms with van der Waals surface area (Å²) in [5.74, 6) is -1.26. The number of halogens is 3. The van der Waals surface area contributed by atoms with Crippen LogP contribution >= 0.6 is 0 Å². The van der Waals surface area contributed by atoms with E-state index in [4.69, 9.17) is 0 Å². The first kappa shape index (κ1) is 20.7. The summed E-state index contributed by atoms with van der Waals surface area (Å²) in [4.78, 5) is 36.5. The van der Waals surface area contributed by atoms with Gasteiger partial charge in [-0.25, -0.2) is 0 Å². The highest BCUT2D eigenvalue weighted by Gasteiger charge is 2.37. The van der Waals surface area contributed by atoms with Gasteiger partial charge in [0.2, 0.25) is 17.7 Å². The topological polar surface area (TPSA) is 78.5 Å². The maximum absolute atomic E-state index is 12.9. The van der Waals surface area contributed by atoms with Crippen LogP contribution in [0, 0.1) is 0 Å². The first-order valence-electron chi connectivity index (χ1n) is 8.59. The minimum Gasteiger partial charge on any atom is -0.347 e. The predicted octanol–water partition coefficient (Wildman–Crippen LogP) is 2.01. The van der Waals surface area contributed by atoms with E-state index in [9.17, 15) is 27.6 Å². The largest absolute Gasteiger partial charge is 0.416 e. The summed E-state index contributed by atoms with van der Waals surface area (Å²) >= 11 is 0. The number of benzene rings is 1. The van der Waals surface area contributed by atoms with E-state index < -0.39 is 23.7 Å². The van der Waals surface area contributed by atoms with Crippen molar-refractivity contribution in [1.29, 1.82) is 0 Å². The number of alkyl halides is 3. The standard InChI is InChI=1S/C18H22F3N3O3/c1-11(13-4-3-5-14(8-13)18(19,20)21)24(15-6-7-15)17(27)10-23-16(26)9-22-12(2)25/h3-5,8,11,15H,6-7,9-10H2,1-2H3,(H,22,25)(H,23,26). The summed E-state index contributed by atoms with van der Waals surface area (Å²) in [6.45, 7) is 2.42. The number of rotatable bonds is 7. The van der Waals surface area contributed by atoms with E-state index in [1.807, 2.05) is 0 Å². The molecule has 1 aromatic rings. The van der Waals surface area contributed by atoms with E-state index in [2.05, 4.69) is 10.6 Å². The molecule has 1 aliphatic rings. The summed E-state index contributed by atoms with van der Waals surface area (Å²) in [5.41, 5.74) is -0.381. The number of nitrogens with zero attached hydrogens (tertiary/aromatic N) is 1. The first-order valence-corrected chi connectivity index (χ1v) is 8.59. The first-order chi connectivity index (χ1) is 12.6. The highest BCUT2D eigenvalue weighted by Crippen LogP contribution is 2.36. The molecule has 0 aromatic heterocycles. The molecule has 9 heteroatoms. The molecule has 0 radical (unpaired) electrons. The molecular weight excluding hydrogens is 363 g/mol. The van der Waals surface area contributed by atoms with Crippen molar-refractivity contribution in [2.24, 2.45) is 0 Å². The third-order valence-corrected chi connectivity index (χ3v) is 4.28. The molecule has 1 saturated carbocycles. The lowest BCUT2D eigenvalue weighted by Gasteiger charge is -2.30. The second kappa shape index (κ2) is 8.41. The second-order valence-corrected chi connectivity index (χ2v) is 6.52. The van der Waals surface area contributed by atoms with Crippen molar-refractivity contribution >= 4 is 17.7 Å². The molecule has 0 saturated heterocycles. The van der Waals surface area contributed by atoms with Crippen LogP contribution in [0.5, 0.6) is 0 Å². The zero-order valence-corrected chi connectivity index (χ0v) is 15.1. The molecule has 2 N–H and O–H groups in total. The van der Waals surface area contributed by atoms with Gasteiger partial charge in [-0.3, -0.25) is 14.4 Å². The zero-order valence-electron chi connectivity index (χ0n) is 15.1. The molecule has 1 atom stereocenters. The summed E-state index contributed by atoms with van der Waals surface area (Å²) in [6, 6.07) is 4.30. The molecule has 1 aromatic carbocycles. The normalized spacial score (nSPS) is 15.0. The zero-order chi connectivity index (χ0) is 20.2. The quantitative estimate of drug-likeness (QED) is 0.754. The lowest BCUT2D eigenvalue weighted by Crippen LogP contribution is -2.44. The van der Waals surface area contributed by atoms with Gasteiger partial charge in [-0.2, -0.15) is 13.2 Å². The molecule has 0 heterocycles. The van der Waals surface area contributed by atoms with Crippen LogP contribution in [0.1, 0.15) is 43.9 Å². The summed E-state index contributed by atoms with van der Waals surface area (Å²) < 4.78 is 38.8. The van der Waals surface area contributed by atoms with Crippen LogP contribution in [0.2, 0.25) is 0 Å². The number of carbonyl (C=O) groups excluding carboxylic acids is 3. The van der Waals surface area contributed by atoms with E-state index in [-0.39, 0.29) is 30.9 Å². The molecule has 1 aliphatic carbocycles. The van der Waals surface area contributed by atoms with Gasteiger partial charge in [0.15, 0.2) is 0 Å². The van der Waals surface area contributed by atoms with Crippen LogP contribution in [-0.2, 0) is 20.6 Å². The van der Waals surface area contributed by atoms with E-state index in [0.717, 1.165) is 25.0 Å². The van der Waals surface area contributed by atoms with Gasteiger partial charge in [0.25, 0.3) is 0 Å². The van der Waals surface area contributed by atoms with Crippen LogP contribution in [0.4, 0.5) is 13.2 Å². The Morgan fingerprint density at radius 3 is 2.41 bits per heavy atom. The van der Waals surface area contributed by atoms with Crippen molar-refractivity contribution < 1.29 is 27.6 Å². The Balaban J connectivity index is 2.05. The Bertz CT molecular complexity index is 717. The van der Waals surface area contributed by atoms with Gasteiger partial charge >= 0.3 is 6.18 Å². The Morgan fingerprint density at radius 1 is 1.19 bits per heavy atom. The van der Waals surface area contributed by atoms with Crippen molar-refractivity contribution in [1.82, 2.24) is 15.5 Å². The monoisotopic (exact) mass is 385 g/mol. The van der Waals surface area contributed by atoms with Gasteiger partial charge < -0.3 is 15.5 Å². The number of carbonyl (C=O) groups is 3. The summed E-state index contributed by atoms with van der Waals surface area (Å²) in [7, 11) is 0. The maximum Gasteiger partial charge on any atom is 0.416 e. The van der Waals surface area contributed by atoms with Crippen LogP contribution in [-0.4, -0.2) is 41.8 Å². The molecule has 2 rings (SSSR count). The van der Waals surface area contributed by atoms with Gasteiger partial charge in [-0.05, 0) is 37.5 Å². The number of nitrogens with one attached hydrogen (secondary N) is 2. The minimum atomic E-state index is -4.46. The Kier molecular flexibility index (Phi) is 6.45. The van der Waals surface area contributed by atoms with E-state index in [0.29, 0.717) is 5.56 Å². The van der Waals surface area contributed by atoms with Crippen LogP contribution < -0.4 is 10.6 Å². The average Bonchev–Trinajstić information content (AvgIpc) is 3.42. The molecule has 6 nitrogen and oxygen atoms in total. The van der Waals surface area contributed by atoms with Gasteiger partial charge in [-0.15, -0.1) is 0 Å². The van der Waals surface area contributed by atoms with Gasteiger partial charge in [0.1, 0.15) is 0 Å². The van der Waals surface area contributed by atoms with Crippen molar-refractivity contribution in [3.05, 3.63) is 35.4 Å². The summed E-state index contributed by atoms with van der Waals surface area (Å²) in [5, 5.41) is 4.74. The smallest absolute Gasteiger partial charge is 0.347 e. The minimum absolute atomic E-state index is 0.0470. The highest BCUT2D eigenvalue weighted by molar-refractivity contribution is 5.88. The van der Waals surface area contributed by atoms with Gasteiger partial charge in [-0.1, -0.05) is 12.1 Å². The number of hydrogen-bond acceptors (Lipinski definition) is 3. The fourth-order valence-electron chi connectivity index (χ4n) is 2.76. The SMILES string of the molecule is CC(=O)NCC(=O)NCC(=O)N(C1CC1)C(C)c1cccc(C(F)(F)F)c1. The fourth-order valence-corrected chi connectivity index (χ4v) is 2.76. The molecular formula is C18H22F3N3O3. The molecule has 27 heavy (non-hydrogen) atoms. The molecule has 0 aliphatic heterocycles. The summed E-state index contributed by atoms with van der Waals surface area (Å²) in [6.07, 6.45) is -2.91. The predicted molar refractivity (Wildman–Crippen MR) is 91.4 cm³/mol. The number of amides is 3. The Morgan fingerprint density at radius 2 is 1.85 bits per heavy atom. The average molecular weight is 385 g/mol. The third-order valence-electron chi connectivity index (χ3n) is 4.28. The maximum atomic E-state index is 12.9. The van der Waals surface area contributed by atoms with E-state index >= 15 is 0 Å². The van der Waals surface area contributed by atoms with Crippen molar-refractivity contribution in [3.63, 3.8) is 0 Å². The Labute approximate surface area is 155 Å².